The first-order valence-electron chi connectivity index (χ1n) is 5.72. The van der Waals surface area contributed by atoms with Crippen molar-refractivity contribution in [2.75, 3.05) is 19.7 Å². The highest BCUT2D eigenvalue weighted by molar-refractivity contribution is 5.02. The fraction of sp³-hybridized carbons (Fsp3) is 0.833. The number of ether oxygens (including phenoxy) is 1. The Hall–Kier alpha value is -0.660. The van der Waals surface area contributed by atoms with E-state index >= 15 is 0 Å². The van der Waals surface area contributed by atoms with Crippen molar-refractivity contribution in [2.24, 2.45) is 11.3 Å². The van der Waals surface area contributed by atoms with Gasteiger partial charge in [0.25, 0.3) is 0 Å². The Bertz CT molecular complexity index is 230. The van der Waals surface area contributed by atoms with Gasteiger partial charge in [0.15, 0.2) is 5.88 Å². The van der Waals surface area contributed by atoms with Gasteiger partial charge >= 0.3 is 0 Å². The zero-order valence-corrected chi connectivity index (χ0v) is 9.38. The summed E-state index contributed by atoms with van der Waals surface area (Å²) in [5, 5.41) is 0. The minimum atomic E-state index is 0.624. The summed E-state index contributed by atoms with van der Waals surface area (Å²) in [4.78, 5) is 2.31. The van der Waals surface area contributed by atoms with Gasteiger partial charge in [-0.05, 0) is 44.1 Å². The maximum Gasteiger partial charge on any atom is 0.181 e. The molecule has 0 aromatic rings. The zero-order valence-electron chi connectivity index (χ0n) is 9.38. The number of likely N-dealkylation sites (tertiary alicyclic amines) is 1. The Kier molecular flexibility index (Phi) is 2.46. The molecule has 1 heterocycles. The first kappa shape index (κ1) is 9.88. The van der Waals surface area contributed by atoms with E-state index in [4.69, 9.17) is 4.74 Å². The molecule has 14 heavy (non-hydrogen) atoms. The molecule has 1 aliphatic heterocycles. The summed E-state index contributed by atoms with van der Waals surface area (Å²) in [5.41, 5.74) is 0.624. The van der Waals surface area contributed by atoms with Gasteiger partial charge in [0.1, 0.15) is 0 Å². The molecular weight excluding hydrogens is 174 g/mol. The van der Waals surface area contributed by atoms with Gasteiger partial charge in [0.2, 0.25) is 0 Å². The Morgan fingerprint density at radius 3 is 2.86 bits per heavy atom. The van der Waals surface area contributed by atoms with Gasteiger partial charge in [-0.2, -0.15) is 0 Å². The number of hydrogen-bond acceptors (Lipinski definition) is 2. The molecule has 0 N–H and O–H groups in total. The van der Waals surface area contributed by atoms with Crippen LogP contribution in [-0.2, 0) is 4.74 Å². The van der Waals surface area contributed by atoms with Crippen molar-refractivity contribution in [3.8, 4) is 0 Å². The summed E-state index contributed by atoms with van der Waals surface area (Å²) >= 11 is 0. The molecule has 0 unspecified atom stereocenters. The number of hydrogen-bond donors (Lipinski definition) is 0. The van der Waals surface area contributed by atoms with E-state index in [0.29, 0.717) is 5.41 Å². The molecule has 0 atom stereocenters. The van der Waals surface area contributed by atoms with Crippen molar-refractivity contribution in [1.82, 2.24) is 4.90 Å². The molecule has 1 spiro atoms. The molecule has 2 aliphatic rings. The standard InChI is InChI=1S/C12H21NO/c1-4-14-11(3)13-6-5-12(9-13)7-10(2)8-12/h10H,3-9H2,1-2H3. The maximum absolute atomic E-state index is 5.45. The lowest BCUT2D eigenvalue weighted by Gasteiger charge is -2.43. The second-order valence-electron chi connectivity index (χ2n) is 5.01. The van der Waals surface area contributed by atoms with Crippen molar-refractivity contribution in [2.45, 2.75) is 33.1 Å². The molecule has 1 saturated heterocycles. The average molecular weight is 195 g/mol. The summed E-state index contributed by atoms with van der Waals surface area (Å²) in [6, 6.07) is 0. The third kappa shape index (κ3) is 1.62. The molecule has 2 rings (SSSR count). The van der Waals surface area contributed by atoms with E-state index in [9.17, 15) is 0 Å². The highest BCUT2D eigenvalue weighted by atomic mass is 16.5. The Labute approximate surface area is 86.9 Å². The molecular formula is C12H21NO. The lowest BCUT2D eigenvalue weighted by Crippen LogP contribution is -2.38. The average Bonchev–Trinajstić information content (AvgIpc) is 2.49. The second-order valence-corrected chi connectivity index (χ2v) is 5.01. The maximum atomic E-state index is 5.45. The van der Waals surface area contributed by atoms with E-state index in [-0.39, 0.29) is 0 Å². The molecule has 0 aromatic heterocycles. The minimum absolute atomic E-state index is 0.624. The zero-order chi connectivity index (χ0) is 10.2. The molecule has 0 bridgehead atoms. The molecule has 1 aliphatic carbocycles. The van der Waals surface area contributed by atoms with Gasteiger partial charge in [0, 0.05) is 13.1 Å². The van der Waals surface area contributed by atoms with Crippen molar-refractivity contribution in [3.05, 3.63) is 12.5 Å². The van der Waals surface area contributed by atoms with E-state index in [1.165, 1.54) is 25.8 Å². The molecule has 1 saturated carbocycles. The lowest BCUT2D eigenvalue weighted by molar-refractivity contribution is 0.0635. The molecule has 0 radical (unpaired) electrons. The largest absolute Gasteiger partial charge is 0.480 e. The Balaban J connectivity index is 1.86. The third-order valence-corrected chi connectivity index (χ3v) is 3.66. The van der Waals surface area contributed by atoms with Crippen LogP contribution >= 0.6 is 0 Å². The summed E-state index contributed by atoms with van der Waals surface area (Å²) in [7, 11) is 0. The summed E-state index contributed by atoms with van der Waals surface area (Å²) in [5.74, 6) is 1.82. The lowest BCUT2D eigenvalue weighted by atomic mass is 9.62. The Morgan fingerprint density at radius 2 is 2.29 bits per heavy atom. The van der Waals surface area contributed by atoms with Crippen LogP contribution in [0.2, 0.25) is 0 Å². The van der Waals surface area contributed by atoms with Crippen LogP contribution < -0.4 is 0 Å². The SMILES string of the molecule is C=C(OCC)N1CCC2(CC(C)C2)C1. The summed E-state index contributed by atoms with van der Waals surface area (Å²) in [6.45, 7) is 11.4. The van der Waals surface area contributed by atoms with Gasteiger partial charge < -0.3 is 9.64 Å². The van der Waals surface area contributed by atoms with Crippen molar-refractivity contribution >= 4 is 0 Å². The molecule has 0 amide bonds. The van der Waals surface area contributed by atoms with Crippen LogP contribution in [-0.4, -0.2) is 24.6 Å². The van der Waals surface area contributed by atoms with E-state index in [1.807, 2.05) is 6.92 Å². The van der Waals surface area contributed by atoms with E-state index in [0.717, 1.165) is 25.0 Å². The molecule has 2 nitrogen and oxygen atoms in total. The fourth-order valence-electron chi connectivity index (χ4n) is 3.16. The van der Waals surface area contributed by atoms with Crippen LogP contribution in [0.5, 0.6) is 0 Å². The Morgan fingerprint density at radius 1 is 1.57 bits per heavy atom. The van der Waals surface area contributed by atoms with Crippen LogP contribution in [0, 0.1) is 11.3 Å². The number of nitrogens with zero attached hydrogens (tertiary/aromatic N) is 1. The first-order chi connectivity index (χ1) is 6.65. The fourth-order valence-corrected chi connectivity index (χ4v) is 3.16. The number of rotatable bonds is 3. The predicted molar refractivity (Wildman–Crippen MR) is 57.8 cm³/mol. The van der Waals surface area contributed by atoms with Crippen LogP contribution in [0.25, 0.3) is 0 Å². The van der Waals surface area contributed by atoms with Crippen LogP contribution in [0.4, 0.5) is 0 Å². The van der Waals surface area contributed by atoms with Gasteiger partial charge in [-0.15, -0.1) is 0 Å². The van der Waals surface area contributed by atoms with Crippen LogP contribution in [0.15, 0.2) is 12.5 Å². The third-order valence-electron chi connectivity index (χ3n) is 3.66. The van der Waals surface area contributed by atoms with Gasteiger partial charge in [-0.3, -0.25) is 0 Å². The summed E-state index contributed by atoms with van der Waals surface area (Å²) < 4.78 is 5.45. The van der Waals surface area contributed by atoms with Gasteiger partial charge in [0.05, 0.1) is 6.61 Å². The van der Waals surface area contributed by atoms with Crippen LogP contribution in [0.3, 0.4) is 0 Å². The van der Waals surface area contributed by atoms with Gasteiger partial charge in [-0.25, -0.2) is 0 Å². The van der Waals surface area contributed by atoms with Crippen molar-refractivity contribution in [1.29, 1.82) is 0 Å². The quantitative estimate of drug-likeness (QED) is 0.642. The minimum Gasteiger partial charge on any atom is -0.480 e. The molecule has 80 valence electrons. The molecule has 0 aromatic carbocycles. The highest BCUT2D eigenvalue weighted by Crippen LogP contribution is 2.51. The predicted octanol–water partition coefficient (Wildman–Crippen LogP) is 2.62. The monoisotopic (exact) mass is 195 g/mol. The van der Waals surface area contributed by atoms with Crippen LogP contribution in [0.1, 0.15) is 33.1 Å². The normalized spacial score (nSPS) is 35.9. The van der Waals surface area contributed by atoms with E-state index < -0.39 is 0 Å². The van der Waals surface area contributed by atoms with Crippen molar-refractivity contribution < 1.29 is 4.74 Å². The van der Waals surface area contributed by atoms with Gasteiger partial charge in [-0.1, -0.05) is 6.92 Å². The molecule has 2 fully saturated rings. The van der Waals surface area contributed by atoms with Crippen molar-refractivity contribution in [3.63, 3.8) is 0 Å². The first-order valence-corrected chi connectivity index (χ1v) is 5.72. The highest BCUT2D eigenvalue weighted by Gasteiger charge is 2.46. The van der Waals surface area contributed by atoms with E-state index in [1.54, 1.807) is 0 Å². The smallest absolute Gasteiger partial charge is 0.181 e. The topological polar surface area (TPSA) is 12.5 Å². The van der Waals surface area contributed by atoms with E-state index in [2.05, 4.69) is 18.4 Å². The second kappa shape index (κ2) is 3.48. The molecule has 2 heteroatoms. The summed E-state index contributed by atoms with van der Waals surface area (Å²) in [6.07, 6.45) is 4.15.